The predicted octanol–water partition coefficient (Wildman–Crippen LogP) is 1.66. The summed E-state index contributed by atoms with van der Waals surface area (Å²) in [5.74, 6) is 0. The number of nitro benzene ring substituents is 1. The van der Waals surface area contributed by atoms with E-state index in [0.717, 1.165) is 0 Å². The van der Waals surface area contributed by atoms with Crippen LogP contribution in [0, 0.1) is 10.1 Å². The molecule has 0 atom stereocenters. The lowest BCUT2D eigenvalue weighted by atomic mass is 10.2. The molecule has 0 aliphatic heterocycles. The summed E-state index contributed by atoms with van der Waals surface area (Å²) in [6, 6.07) is 5.40. The Morgan fingerprint density at radius 2 is 2.18 bits per heavy atom. The minimum atomic E-state index is -2.57. The van der Waals surface area contributed by atoms with Gasteiger partial charge >= 0.3 is 0 Å². The first-order valence-corrected chi connectivity index (χ1v) is 4.93. The van der Waals surface area contributed by atoms with Gasteiger partial charge in [-0.2, -0.15) is 0 Å². The number of rotatable bonds is 6. The van der Waals surface area contributed by atoms with Crippen molar-refractivity contribution in [1.82, 2.24) is 0 Å². The molecule has 0 heterocycles. The number of alkyl halides is 2. The van der Waals surface area contributed by atoms with Crippen molar-refractivity contribution in [2.45, 2.75) is 6.43 Å². The van der Waals surface area contributed by atoms with E-state index in [1.807, 2.05) is 0 Å². The fourth-order valence-electron chi connectivity index (χ4n) is 1.42. The molecule has 0 aliphatic carbocycles. The van der Waals surface area contributed by atoms with Crippen molar-refractivity contribution < 1.29 is 18.8 Å². The average Bonchev–Trinajstić information content (AvgIpc) is 2.28. The molecule has 5 nitrogen and oxygen atoms in total. The van der Waals surface area contributed by atoms with Gasteiger partial charge in [-0.05, 0) is 6.07 Å². The van der Waals surface area contributed by atoms with Crippen molar-refractivity contribution in [3.63, 3.8) is 0 Å². The number of nitro groups is 1. The lowest BCUT2D eigenvalue weighted by Crippen LogP contribution is -2.31. The second kappa shape index (κ2) is 6.09. The highest BCUT2D eigenvalue weighted by atomic mass is 19.3. The quantitative estimate of drug-likeness (QED) is 0.612. The van der Waals surface area contributed by atoms with Gasteiger partial charge < -0.3 is 10.0 Å². The van der Waals surface area contributed by atoms with E-state index in [1.54, 1.807) is 0 Å². The van der Waals surface area contributed by atoms with Gasteiger partial charge in [-0.25, -0.2) is 8.78 Å². The van der Waals surface area contributed by atoms with Crippen molar-refractivity contribution in [1.29, 1.82) is 0 Å². The van der Waals surface area contributed by atoms with Crippen LogP contribution in [0.5, 0.6) is 0 Å². The summed E-state index contributed by atoms with van der Waals surface area (Å²) in [5.41, 5.74) is 0.133. The summed E-state index contributed by atoms with van der Waals surface area (Å²) in [4.78, 5) is 11.2. The van der Waals surface area contributed by atoms with Gasteiger partial charge in [-0.3, -0.25) is 10.1 Å². The highest BCUT2D eigenvalue weighted by Gasteiger charge is 2.15. The molecule has 0 aromatic heterocycles. The first-order valence-electron chi connectivity index (χ1n) is 4.93. The van der Waals surface area contributed by atoms with Gasteiger partial charge in [0.2, 0.25) is 0 Å². The largest absolute Gasteiger partial charge is 0.395 e. The summed E-state index contributed by atoms with van der Waals surface area (Å²) in [6.07, 6.45) is -2.57. The molecular weight excluding hydrogens is 234 g/mol. The summed E-state index contributed by atoms with van der Waals surface area (Å²) in [6.45, 7) is -0.858. The number of hydrogen-bond donors (Lipinski definition) is 1. The van der Waals surface area contributed by atoms with E-state index in [4.69, 9.17) is 5.11 Å². The van der Waals surface area contributed by atoms with Crippen LogP contribution in [0.1, 0.15) is 0 Å². The summed E-state index contributed by atoms with van der Waals surface area (Å²) >= 11 is 0. The highest BCUT2D eigenvalue weighted by Crippen LogP contribution is 2.21. The number of benzene rings is 1. The first-order chi connectivity index (χ1) is 8.04. The molecule has 0 saturated heterocycles. The van der Waals surface area contributed by atoms with E-state index in [-0.39, 0.29) is 18.8 Å². The second-order valence-electron chi connectivity index (χ2n) is 3.34. The average molecular weight is 246 g/mol. The molecule has 17 heavy (non-hydrogen) atoms. The second-order valence-corrected chi connectivity index (χ2v) is 3.34. The fourth-order valence-corrected chi connectivity index (χ4v) is 1.42. The summed E-state index contributed by atoms with van der Waals surface area (Å²) in [5, 5.41) is 19.3. The Balaban J connectivity index is 2.92. The molecule has 0 radical (unpaired) electrons. The molecule has 0 fully saturated rings. The maximum Gasteiger partial charge on any atom is 0.271 e. The predicted molar refractivity (Wildman–Crippen MR) is 58.4 cm³/mol. The molecule has 0 amide bonds. The minimum absolute atomic E-state index is 0.00546. The Labute approximate surface area is 96.4 Å². The van der Waals surface area contributed by atoms with E-state index in [0.29, 0.717) is 5.69 Å². The molecule has 0 bridgehead atoms. The maximum absolute atomic E-state index is 12.3. The molecule has 1 rings (SSSR count). The van der Waals surface area contributed by atoms with Gasteiger partial charge in [0.15, 0.2) is 0 Å². The lowest BCUT2D eigenvalue weighted by Gasteiger charge is -2.23. The molecule has 1 aromatic rings. The van der Waals surface area contributed by atoms with Crippen LogP contribution < -0.4 is 4.90 Å². The number of aliphatic hydroxyl groups excluding tert-OH is 1. The van der Waals surface area contributed by atoms with Crippen LogP contribution in [0.15, 0.2) is 24.3 Å². The third-order valence-corrected chi connectivity index (χ3v) is 2.13. The molecule has 0 aliphatic rings. The lowest BCUT2D eigenvalue weighted by molar-refractivity contribution is -0.384. The van der Waals surface area contributed by atoms with Gasteiger partial charge in [0.25, 0.3) is 12.1 Å². The highest BCUT2D eigenvalue weighted by molar-refractivity contribution is 5.53. The number of aliphatic hydroxyl groups is 1. The van der Waals surface area contributed by atoms with Gasteiger partial charge in [0, 0.05) is 24.4 Å². The van der Waals surface area contributed by atoms with Gasteiger partial charge in [0.05, 0.1) is 18.1 Å². The molecule has 7 heteroatoms. The Bertz CT molecular complexity index is 388. The number of anilines is 1. The first kappa shape index (κ1) is 13.3. The smallest absolute Gasteiger partial charge is 0.271 e. The Morgan fingerprint density at radius 1 is 1.47 bits per heavy atom. The zero-order valence-corrected chi connectivity index (χ0v) is 8.92. The van der Waals surface area contributed by atoms with E-state index in [2.05, 4.69) is 0 Å². The van der Waals surface area contributed by atoms with Crippen molar-refractivity contribution in [3.8, 4) is 0 Å². The van der Waals surface area contributed by atoms with Crippen LogP contribution in [0.25, 0.3) is 0 Å². The Kier molecular flexibility index (Phi) is 4.77. The van der Waals surface area contributed by atoms with E-state index < -0.39 is 17.9 Å². The SMILES string of the molecule is O=[N+]([O-])c1cccc(N(CCO)CC(F)F)c1. The van der Waals surface area contributed by atoms with Gasteiger partial charge in [-0.15, -0.1) is 0 Å². The van der Waals surface area contributed by atoms with Gasteiger partial charge in [-0.1, -0.05) is 6.07 Å². The molecule has 0 saturated carbocycles. The van der Waals surface area contributed by atoms with Crippen LogP contribution in [0.3, 0.4) is 0 Å². The third kappa shape index (κ3) is 3.95. The fraction of sp³-hybridized carbons (Fsp3) is 0.400. The molecule has 0 unspecified atom stereocenters. The molecular formula is C10H12F2N2O3. The Hall–Kier alpha value is -1.76. The normalized spacial score (nSPS) is 10.6. The summed E-state index contributed by atoms with van der Waals surface area (Å²) < 4.78 is 24.6. The topological polar surface area (TPSA) is 66.6 Å². The van der Waals surface area contributed by atoms with Crippen LogP contribution in [0.4, 0.5) is 20.2 Å². The number of non-ortho nitro benzene ring substituents is 1. The maximum atomic E-state index is 12.3. The minimum Gasteiger partial charge on any atom is -0.395 e. The standard InChI is InChI=1S/C10H12F2N2O3/c11-10(12)7-13(4-5-15)8-2-1-3-9(6-8)14(16)17/h1-3,6,10,15H,4-5,7H2. The molecule has 94 valence electrons. The van der Waals surface area contributed by atoms with E-state index in [9.17, 15) is 18.9 Å². The van der Waals surface area contributed by atoms with Gasteiger partial charge in [0.1, 0.15) is 0 Å². The van der Waals surface area contributed by atoms with Crippen LogP contribution in [0.2, 0.25) is 0 Å². The molecule has 1 N–H and O–H groups in total. The van der Waals surface area contributed by atoms with Crippen molar-refractivity contribution in [3.05, 3.63) is 34.4 Å². The number of hydrogen-bond acceptors (Lipinski definition) is 4. The van der Waals surface area contributed by atoms with Crippen molar-refractivity contribution in [2.24, 2.45) is 0 Å². The van der Waals surface area contributed by atoms with E-state index >= 15 is 0 Å². The molecule has 1 aromatic carbocycles. The number of nitrogens with zero attached hydrogens (tertiary/aromatic N) is 2. The number of halogens is 2. The van der Waals surface area contributed by atoms with Crippen LogP contribution in [-0.4, -0.2) is 36.2 Å². The van der Waals surface area contributed by atoms with Crippen LogP contribution in [-0.2, 0) is 0 Å². The zero-order chi connectivity index (χ0) is 12.8. The van der Waals surface area contributed by atoms with Crippen molar-refractivity contribution in [2.75, 3.05) is 24.6 Å². The Morgan fingerprint density at radius 3 is 2.71 bits per heavy atom. The van der Waals surface area contributed by atoms with E-state index in [1.165, 1.54) is 29.2 Å². The monoisotopic (exact) mass is 246 g/mol. The van der Waals surface area contributed by atoms with Crippen LogP contribution >= 0.6 is 0 Å². The summed E-state index contributed by atoms with van der Waals surface area (Å²) in [7, 11) is 0. The molecule has 0 spiro atoms. The van der Waals surface area contributed by atoms with Crippen molar-refractivity contribution >= 4 is 11.4 Å². The third-order valence-electron chi connectivity index (χ3n) is 2.13. The zero-order valence-electron chi connectivity index (χ0n) is 8.92.